The molecule has 0 saturated carbocycles. The molecule has 5 nitrogen and oxygen atoms in total. The van der Waals surface area contributed by atoms with Crippen molar-refractivity contribution in [1.29, 1.82) is 0 Å². The molecule has 0 radical (unpaired) electrons. The normalized spacial score (nSPS) is 10.6. The zero-order valence-electron chi connectivity index (χ0n) is 11.9. The summed E-state index contributed by atoms with van der Waals surface area (Å²) in [4.78, 5) is 14.2. The molecule has 0 aliphatic heterocycles. The molecule has 112 valence electrons. The first-order valence-electron chi connectivity index (χ1n) is 6.42. The Morgan fingerprint density at radius 2 is 1.95 bits per heavy atom. The van der Waals surface area contributed by atoms with E-state index in [9.17, 15) is 4.79 Å². The maximum Gasteiger partial charge on any atom is 0.254 e. The molecule has 1 aromatic rings. The van der Waals surface area contributed by atoms with Crippen LogP contribution in [0.15, 0.2) is 22.7 Å². The fourth-order valence-electron chi connectivity index (χ4n) is 1.78. The number of methoxy groups -OCH3 is 2. The topological polar surface area (TPSA) is 64.8 Å². The summed E-state index contributed by atoms with van der Waals surface area (Å²) in [7, 11) is 3.27. The third-order valence-corrected chi connectivity index (χ3v) is 3.59. The average molecular weight is 345 g/mol. The summed E-state index contributed by atoms with van der Waals surface area (Å²) in [6.45, 7) is 2.31. The van der Waals surface area contributed by atoms with Gasteiger partial charge in [0.05, 0.1) is 6.61 Å². The molecule has 0 bridgehead atoms. The molecule has 0 aliphatic carbocycles. The number of halogens is 1. The van der Waals surface area contributed by atoms with Crippen molar-refractivity contribution in [3.05, 3.63) is 28.2 Å². The molecule has 0 spiro atoms. The third-order valence-electron chi connectivity index (χ3n) is 2.87. The molecule has 1 aromatic carbocycles. The van der Waals surface area contributed by atoms with Gasteiger partial charge < -0.3 is 20.1 Å². The van der Waals surface area contributed by atoms with Crippen molar-refractivity contribution in [3.63, 3.8) is 0 Å². The molecule has 0 unspecified atom stereocenters. The minimum atomic E-state index is -0.0441. The van der Waals surface area contributed by atoms with Gasteiger partial charge in [-0.25, -0.2) is 0 Å². The fraction of sp³-hybridized carbons (Fsp3) is 0.500. The number of carbonyl (C=O) groups excluding carboxylic acids is 1. The second-order valence-corrected chi connectivity index (χ2v) is 5.22. The molecule has 0 saturated heterocycles. The lowest BCUT2D eigenvalue weighted by Crippen LogP contribution is -2.35. The predicted octanol–water partition coefficient (Wildman–Crippen LogP) is 2.16. The number of rotatable bonds is 8. The quantitative estimate of drug-likeness (QED) is 0.579. The van der Waals surface area contributed by atoms with Crippen molar-refractivity contribution < 1.29 is 14.3 Å². The highest BCUT2D eigenvalue weighted by atomic mass is 79.9. The van der Waals surface area contributed by atoms with Gasteiger partial charge in [0.15, 0.2) is 0 Å². The Hall–Kier alpha value is -1.11. The fourth-order valence-corrected chi connectivity index (χ4v) is 2.02. The molecule has 6 heteroatoms. The van der Waals surface area contributed by atoms with Crippen molar-refractivity contribution in [3.8, 4) is 0 Å². The van der Waals surface area contributed by atoms with Crippen LogP contribution in [0.5, 0.6) is 0 Å². The Morgan fingerprint density at radius 1 is 1.25 bits per heavy atom. The van der Waals surface area contributed by atoms with E-state index < -0.39 is 0 Å². The first kappa shape index (κ1) is 16.9. The second kappa shape index (κ2) is 8.94. The summed E-state index contributed by atoms with van der Waals surface area (Å²) in [5.74, 6) is -0.0441. The number of nitrogens with zero attached hydrogens (tertiary/aromatic N) is 1. The van der Waals surface area contributed by atoms with Crippen molar-refractivity contribution in [2.75, 3.05) is 46.3 Å². The maximum atomic E-state index is 12.5. The predicted molar refractivity (Wildman–Crippen MR) is 82.8 cm³/mol. The third kappa shape index (κ3) is 5.11. The highest BCUT2D eigenvalue weighted by Gasteiger charge is 2.16. The Bertz CT molecular complexity index is 440. The van der Waals surface area contributed by atoms with E-state index in [4.69, 9.17) is 15.2 Å². The Labute approximate surface area is 128 Å². The Balaban J connectivity index is 2.76. The molecule has 0 heterocycles. The van der Waals surface area contributed by atoms with Gasteiger partial charge in [-0.1, -0.05) is 0 Å². The van der Waals surface area contributed by atoms with Crippen molar-refractivity contribution >= 4 is 27.5 Å². The van der Waals surface area contributed by atoms with Gasteiger partial charge in [0.25, 0.3) is 5.91 Å². The van der Waals surface area contributed by atoms with Crippen LogP contribution in [0.1, 0.15) is 16.8 Å². The highest BCUT2D eigenvalue weighted by molar-refractivity contribution is 9.10. The Kier molecular flexibility index (Phi) is 7.58. The van der Waals surface area contributed by atoms with Crippen molar-refractivity contribution in [2.24, 2.45) is 0 Å². The standard InChI is InChI=1S/C14H21BrN2O3/c1-19-8-3-6-17(7-9-20-2)14(18)11-4-5-12(15)13(16)10-11/h4-5,10H,3,6-9,16H2,1-2H3. The number of anilines is 1. The van der Waals surface area contributed by atoms with Gasteiger partial charge in [0, 0.05) is 49.6 Å². The van der Waals surface area contributed by atoms with Crippen LogP contribution in [-0.2, 0) is 9.47 Å². The summed E-state index contributed by atoms with van der Waals surface area (Å²) >= 11 is 3.32. The van der Waals surface area contributed by atoms with E-state index in [0.717, 1.165) is 10.9 Å². The summed E-state index contributed by atoms with van der Waals surface area (Å²) in [6, 6.07) is 5.23. The molecule has 0 aromatic heterocycles. The monoisotopic (exact) mass is 344 g/mol. The highest BCUT2D eigenvalue weighted by Crippen LogP contribution is 2.21. The van der Waals surface area contributed by atoms with Gasteiger partial charge in [-0.05, 0) is 40.5 Å². The first-order valence-corrected chi connectivity index (χ1v) is 7.21. The molecule has 0 aliphatic rings. The summed E-state index contributed by atoms with van der Waals surface area (Å²) < 4.78 is 10.9. The van der Waals surface area contributed by atoms with E-state index in [2.05, 4.69) is 15.9 Å². The van der Waals surface area contributed by atoms with Crippen molar-refractivity contribution in [1.82, 2.24) is 4.90 Å². The number of hydrogen-bond donors (Lipinski definition) is 1. The van der Waals surface area contributed by atoms with Crippen molar-refractivity contribution in [2.45, 2.75) is 6.42 Å². The van der Waals surface area contributed by atoms with Gasteiger partial charge in [-0.15, -0.1) is 0 Å². The largest absolute Gasteiger partial charge is 0.398 e. The van der Waals surface area contributed by atoms with Crippen LogP contribution in [0, 0.1) is 0 Å². The number of nitrogen functional groups attached to an aromatic ring is 1. The van der Waals surface area contributed by atoms with Crippen LogP contribution in [0.4, 0.5) is 5.69 Å². The van der Waals surface area contributed by atoms with Gasteiger partial charge in [0.2, 0.25) is 0 Å². The lowest BCUT2D eigenvalue weighted by molar-refractivity contribution is 0.0674. The molecule has 1 rings (SSSR count). The molecule has 1 amide bonds. The van der Waals surface area contributed by atoms with Gasteiger partial charge in [-0.3, -0.25) is 4.79 Å². The minimum absolute atomic E-state index is 0.0441. The second-order valence-electron chi connectivity index (χ2n) is 4.37. The van der Waals surface area contributed by atoms with Crippen LogP contribution >= 0.6 is 15.9 Å². The maximum absolute atomic E-state index is 12.5. The van der Waals surface area contributed by atoms with Crippen LogP contribution in [0.2, 0.25) is 0 Å². The molecule has 0 fully saturated rings. The number of amides is 1. The average Bonchev–Trinajstić information content (AvgIpc) is 2.45. The van der Waals surface area contributed by atoms with Crippen LogP contribution in [0.3, 0.4) is 0 Å². The van der Waals surface area contributed by atoms with E-state index in [0.29, 0.717) is 37.6 Å². The molecule has 0 atom stereocenters. The van der Waals surface area contributed by atoms with E-state index in [-0.39, 0.29) is 5.91 Å². The molecule has 2 N–H and O–H groups in total. The zero-order valence-corrected chi connectivity index (χ0v) is 13.5. The molecule has 20 heavy (non-hydrogen) atoms. The number of carbonyl (C=O) groups is 1. The Morgan fingerprint density at radius 3 is 2.55 bits per heavy atom. The lowest BCUT2D eigenvalue weighted by atomic mass is 10.1. The smallest absolute Gasteiger partial charge is 0.254 e. The number of nitrogens with two attached hydrogens (primary N) is 1. The van der Waals surface area contributed by atoms with Crippen LogP contribution in [-0.4, -0.2) is 51.3 Å². The zero-order chi connectivity index (χ0) is 15.0. The SMILES string of the molecule is COCCCN(CCOC)C(=O)c1ccc(Br)c(N)c1. The summed E-state index contributed by atoms with van der Waals surface area (Å²) in [5, 5.41) is 0. The molecular formula is C14H21BrN2O3. The lowest BCUT2D eigenvalue weighted by Gasteiger charge is -2.22. The summed E-state index contributed by atoms with van der Waals surface area (Å²) in [5.41, 5.74) is 6.96. The minimum Gasteiger partial charge on any atom is -0.398 e. The number of ether oxygens (including phenoxy) is 2. The van der Waals surface area contributed by atoms with Gasteiger partial charge in [0.1, 0.15) is 0 Å². The first-order chi connectivity index (χ1) is 9.60. The van der Waals surface area contributed by atoms with E-state index >= 15 is 0 Å². The van der Waals surface area contributed by atoms with Gasteiger partial charge >= 0.3 is 0 Å². The van der Waals surface area contributed by atoms with E-state index in [1.807, 2.05) is 0 Å². The molecular weight excluding hydrogens is 324 g/mol. The van der Waals surface area contributed by atoms with Gasteiger partial charge in [-0.2, -0.15) is 0 Å². The van der Waals surface area contributed by atoms with Crippen LogP contribution < -0.4 is 5.73 Å². The van der Waals surface area contributed by atoms with Crippen LogP contribution in [0.25, 0.3) is 0 Å². The van der Waals surface area contributed by atoms with E-state index in [1.165, 1.54) is 0 Å². The summed E-state index contributed by atoms with van der Waals surface area (Å²) in [6.07, 6.45) is 0.790. The van der Waals surface area contributed by atoms with E-state index in [1.54, 1.807) is 37.3 Å². The number of hydrogen-bond acceptors (Lipinski definition) is 4. The number of benzene rings is 1.